The topological polar surface area (TPSA) is 44.8 Å². The Labute approximate surface area is 154 Å². The van der Waals surface area contributed by atoms with Crippen LogP contribution in [-0.4, -0.2) is 55.3 Å². The molecule has 0 bridgehead atoms. The first-order valence-corrected chi connectivity index (χ1v) is 13.3. The Morgan fingerprint density at radius 1 is 1.12 bits per heavy atom. The quantitative estimate of drug-likeness (QED) is 0.580. The minimum absolute atomic E-state index is 0.321. The van der Waals surface area contributed by atoms with E-state index >= 15 is 0 Å². The van der Waals surface area contributed by atoms with Gasteiger partial charge in [0.2, 0.25) is 0 Å². The molecular weight excluding hydrogens is 439 g/mol. The molecule has 138 valence electrons. The van der Waals surface area contributed by atoms with E-state index in [1.54, 1.807) is 20.8 Å². The van der Waals surface area contributed by atoms with E-state index in [1.165, 1.54) is 0 Å². The number of carbonyl (C=O) groups excluding carboxylic acids is 1. The summed E-state index contributed by atoms with van der Waals surface area (Å²) in [4.78, 5) is 12.5. The van der Waals surface area contributed by atoms with Crippen molar-refractivity contribution in [2.45, 2.75) is 71.4 Å². The van der Waals surface area contributed by atoms with Crippen molar-refractivity contribution >= 4 is 32.3 Å². The van der Waals surface area contributed by atoms with Crippen molar-refractivity contribution in [3.05, 3.63) is 18.7 Å². The van der Waals surface area contributed by atoms with E-state index in [2.05, 4.69) is 0 Å². The van der Waals surface area contributed by atoms with Crippen LogP contribution in [-0.2, 0) is 14.0 Å². The molecule has 25 heavy (non-hydrogen) atoms. The van der Waals surface area contributed by atoms with Crippen LogP contribution >= 0.6 is 0 Å². The van der Waals surface area contributed by atoms with Crippen molar-refractivity contribution in [1.82, 2.24) is 0 Å². The minimum atomic E-state index is -4.51. The maximum absolute atomic E-state index is 13.2. The molecule has 0 N–H and O–H groups in total. The Morgan fingerprint density at radius 3 is 2.00 bits per heavy atom. The molecule has 0 aromatic rings. The van der Waals surface area contributed by atoms with Gasteiger partial charge in [0.15, 0.2) is 0 Å². The van der Waals surface area contributed by atoms with Crippen LogP contribution in [0.5, 0.6) is 0 Å². The van der Waals surface area contributed by atoms with Crippen LogP contribution in [0.4, 0.5) is 18.0 Å². The standard InChI is InChI=1S/C11H14BF3O2.C5H9O2.In/c1-8(11(13,14)15)6-7-12-16-9(2,3)10(4,5)17-12;1-5(2,3)7-4-6;/h1,6H,2-5H3;1-3H3;. The molecule has 2 aliphatic rings. The van der Waals surface area contributed by atoms with Crippen molar-refractivity contribution in [3.8, 4) is 0 Å². The predicted octanol–water partition coefficient (Wildman–Crippen LogP) is 4.14. The molecule has 4 nitrogen and oxygen atoms in total. The van der Waals surface area contributed by atoms with Crippen LogP contribution in [0, 0.1) is 0 Å². The summed E-state index contributed by atoms with van der Waals surface area (Å²) in [7, 11) is -0.950. The van der Waals surface area contributed by atoms with Gasteiger partial charge < -0.3 is 0 Å². The Morgan fingerprint density at radius 2 is 1.60 bits per heavy atom. The molecule has 0 saturated carbocycles. The second kappa shape index (κ2) is 6.34. The van der Waals surface area contributed by atoms with Crippen molar-refractivity contribution in [2.24, 2.45) is 0 Å². The fraction of sp³-hybridized carbons (Fsp3) is 0.688. The van der Waals surface area contributed by atoms with Gasteiger partial charge in [-0.3, -0.25) is 0 Å². The van der Waals surface area contributed by atoms with Gasteiger partial charge in [-0.1, -0.05) is 0 Å². The van der Waals surface area contributed by atoms with Crippen LogP contribution in [0.2, 0.25) is 0 Å². The first-order chi connectivity index (χ1) is 11.0. The number of allylic oxidation sites excluding steroid dienone is 2. The molecule has 0 radical (unpaired) electrons. The molecule has 0 spiro atoms. The van der Waals surface area contributed by atoms with Crippen LogP contribution < -0.4 is 0 Å². The molecule has 1 saturated heterocycles. The van der Waals surface area contributed by atoms with Crippen molar-refractivity contribution in [1.29, 1.82) is 0 Å². The van der Waals surface area contributed by atoms with Crippen LogP contribution in [0.25, 0.3) is 0 Å². The van der Waals surface area contributed by atoms with Gasteiger partial charge in [-0.2, -0.15) is 0 Å². The monoisotopic (exact) mass is 462 g/mol. The zero-order valence-corrected chi connectivity index (χ0v) is 18.9. The summed E-state index contributed by atoms with van der Waals surface area (Å²) in [5.74, 6) is 0. The molecule has 0 aliphatic carbocycles. The van der Waals surface area contributed by atoms with E-state index in [0.29, 0.717) is 3.23 Å². The molecule has 2 heterocycles. The number of halogens is 3. The van der Waals surface area contributed by atoms with E-state index in [0.717, 1.165) is 9.91 Å². The van der Waals surface area contributed by atoms with Crippen molar-refractivity contribution in [3.63, 3.8) is 0 Å². The summed E-state index contributed by atoms with van der Waals surface area (Å²) in [6.45, 7) is 12.4. The summed E-state index contributed by atoms with van der Waals surface area (Å²) >= 11 is -3.70. The van der Waals surface area contributed by atoms with Crippen LogP contribution in [0.3, 0.4) is 0 Å². The van der Waals surface area contributed by atoms with Crippen LogP contribution in [0.15, 0.2) is 18.7 Å². The van der Waals surface area contributed by atoms with Gasteiger partial charge in [0.1, 0.15) is 0 Å². The zero-order valence-electron chi connectivity index (χ0n) is 15.6. The van der Waals surface area contributed by atoms with Gasteiger partial charge in [0.05, 0.1) is 0 Å². The molecule has 9 heteroatoms. The normalized spacial score (nSPS) is 22.8. The molecule has 0 unspecified atom stereocenters. The van der Waals surface area contributed by atoms with Gasteiger partial charge >= 0.3 is 154 Å². The van der Waals surface area contributed by atoms with Gasteiger partial charge in [-0.25, -0.2) is 0 Å². The molecule has 0 aromatic heterocycles. The number of carbonyl (C=O) groups is 1. The third-order valence-corrected chi connectivity index (χ3v) is 11.6. The molecular formula is C16H23BF3InO4. The Balaban J connectivity index is 2.35. The average molecular weight is 462 g/mol. The SMILES string of the molecule is CC(C)(C)O[C](=O)[In]1[CH]=C(C(F)(F)F)C=[C]1B1OC(C)(C)C(C)(C)O1. The number of ether oxygens (including phenoxy) is 1. The summed E-state index contributed by atoms with van der Waals surface area (Å²) < 4.78 is 57.5. The summed E-state index contributed by atoms with van der Waals surface area (Å²) in [5.41, 5.74) is -2.94. The third kappa shape index (κ3) is 4.47. The first-order valence-electron chi connectivity index (χ1n) is 8.12. The van der Waals surface area contributed by atoms with E-state index in [9.17, 15) is 18.0 Å². The van der Waals surface area contributed by atoms with E-state index in [4.69, 9.17) is 14.0 Å². The van der Waals surface area contributed by atoms with Crippen LogP contribution in [0.1, 0.15) is 48.5 Å². The zero-order chi connectivity index (χ0) is 19.4. The maximum atomic E-state index is 13.2. The molecule has 2 rings (SSSR count). The second-order valence-electron chi connectivity index (χ2n) is 8.36. The fourth-order valence-corrected chi connectivity index (χ4v) is 9.71. The summed E-state index contributed by atoms with van der Waals surface area (Å²) in [5, 5.41) is 0. The number of alkyl halides is 3. The Bertz CT molecular complexity index is 616. The molecule has 1 fully saturated rings. The summed E-state index contributed by atoms with van der Waals surface area (Å²) in [6, 6.07) is 0. The number of hydrogen-bond donors (Lipinski definition) is 0. The van der Waals surface area contributed by atoms with Crippen molar-refractivity contribution in [2.75, 3.05) is 0 Å². The predicted molar refractivity (Wildman–Crippen MR) is 90.3 cm³/mol. The molecule has 0 atom stereocenters. The number of rotatable bonds is 2. The van der Waals surface area contributed by atoms with Crippen molar-refractivity contribution < 1.29 is 32.0 Å². The molecule has 2 aliphatic heterocycles. The molecule has 0 amide bonds. The second-order valence-corrected chi connectivity index (χ2v) is 15.3. The van der Waals surface area contributed by atoms with E-state index in [-0.39, 0.29) is 0 Å². The van der Waals surface area contributed by atoms with Gasteiger partial charge in [0, 0.05) is 0 Å². The summed E-state index contributed by atoms with van der Waals surface area (Å²) in [6.07, 6.45) is -3.49. The first kappa shape index (κ1) is 20.9. The number of hydrogen-bond acceptors (Lipinski definition) is 4. The van der Waals surface area contributed by atoms with Gasteiger partial charge in [-0.05, 0) is 0 Å². The molecule has 0 aromatic carbocycles. The Kier molecular flexibility index (Phi) is 5.30. The Hall–Kier alpha value is -0.405. The van der Waals surface area contributed by atoms with E-state index < -0.39 is 60.8 Å². The average Bonchev–Trinajstić information content (AvgIpc) is 2.86. The fourth-order valence-electron chi connectivity index (χ4n) is 2.53. The third-order valence-electron chi connectivity index (χ3n) is 4.54. The van der Waals surface area contributed by atoms with Gasteiger partial charge in [-0.15, -0.1) is 0 Å². The van der Waals surface area contributed by atoms with E-state index in [1.807, 2.05) is 27.7 Å². The van der Waals surface area contributed by atoms with Gasteiger partial charge in [0.25, 0.3) is 0 Å².